The number of nitrogens with zero attached hydrogens (tertiary/aromatic N) is 2. The van der Waals surface area contributed by atoms with E-state index in [2.05, 4.69) is 39.8 Å². The standard InChI is InChI=1S/C19H27N5O/c1-5-6-9-15-13(4)21-19(23-17(15)25)24-18-20-12(3)14-10-7-8-11(2)16(14)22-18/h7-8,10,13,15,19,21H,5-6,9H2,1-4H3,(H,23,25)(H,20,22,24). The Labute approximate surface area is 148 Å². The van der Waals surface area contributed by atoms with Crippen LogP contribution in [0.25, 0.3) is 10.9 Å². The third-order valence-corrected chi connectivity index (χ3v) is 4.92. The normalized spacial score (nSPS) is 23.5. The van der Waals surface area contributed by atoms with Gasteiger partial charge in [-0.15, -0.1) is 0 Å². The van der Waals surface area contributed by atoms with E-state index in [0.29, 0.717) is 5.95 Å². The highest BCUT2D eigenvalue weighted by Gasteiger charge is 2.33. The van der Waals surface area contributed by atoms with E-state index < -0.39 is 0 Å². The van der Waals surface area contributed by atoms with Crippen molar-refractivity contribution in [2.24, 2.45) is 5.92 Å². The summed E-state index contributed by atoms with van der Waals surface area (Å²) in [6, 6.07) is 6.20. The number of hydrogen-bond acceptors (Lipinski definition) is 5. The highest BCUT2D eigenvalue weighted by molar-refractivity contribution is 5.84. The molecule has 1 aromatic heterocycles. The predicted octanol–water partition coefficient (Wildman–Crippen LogP) is 2.86. The molecule has 1 aromatic carbocycles. The third kappa shape index (κ3) is 3.74. The van der Waals surface area contributed by atoms with Gasteiger partial charge in [-0.25, -0.2) is 9.97 Å². The molecule has 3 rings (SSSR count). The molecule has 1 aliphatic rings. The molecule has 2 aromatic rings. The zero-order valence-corrected chi connectivity index (χ0v) is 15.4. The van der Waals surface area contributed by atoms with Crippen LogP contribution in [0.5, 0.6) is 0 Å². The van der Waals surface area contributed by atoms with Gasteiger partial charge in [0.1, 0.15) is 0 Å². The molecule has 0 radical (unpaired) electrons. The fourth-order valence-electron chi connectivity index (χ4n) is 3.42. The number of aromatic nitrogens is 2. The largest absolute Gasteiger partial charge is 0.323 e. The summed E-state index contributed by atoms with van der Waals surface area (Å²) >= 11 is 0. The minimum absolute atomic E-state index is 0.0134. The van der Waals surface area contributed by atoms with Crippen molar-refractivity contribution in [3.8, 4) is 0 Å². The summed E-state index contributed by atoms with van der Waals surface area (Å²) in [4.78, 5) is 21.6. The molecule has 3 unspecified atom stereocenters. The molecular formula is C19H27N5O. The molecule has 6 nitrogen and oxygen atoms in total. The minimum Gasteiger partial charge on any atom is -0.323 e. The highest BCUT2D eigenvalue weighted by atomic mass is 16.2. The van der Waals surface area contributed by atoms with Crippen molar-refractivity contribution in [1.29, 1.82) is 0 Å². The monoisotopic (exact) mass is 341 g/mol. The number of para-hydroxylation sites is 1. The molecule has 1 amide bonds. The Bertz CT molecular complexity index is 776. The number of anilines is 1. The second-order valence-electron chi connectivity index (χ2n) is 6.89. The number of hydrogen-bond donors (Lipinski definition) is 3. The van der Waals surface area contributed by atoms with Crippen LogP contribution in [0.1, 0.15) is 44.4 Å². The van der Waals surface area contributed by atoms with E-state index in [0.717, 1.165) is 41.4 Å². The third-order valence-electron chi connectivity index (χ3n) is 4.92. The summed E-state index contributed by atoms with van der Waals surface area (Å²) in [7, 11) is 0. The molecule has 3 atom stereocenters. The topological polar surface area (TPSA) is 78.9 Å². The lowest BCUT2D eigenvalue weighted by Crippen LogP contribution is -2.63. The van der Waals surface area contributed by atoms with Crippen molar-refractivity contribution < 1.29 is 4.79 Å². The maximum absolute atomic E-state index is 12.4. The summed E-state index contributed by atoms with van der Waals surface area (Å²) in [5.74, 6) is 0.627. The van der Waals surface area contributed by atoms with Gasteiger partial charge >= 0.3 is 0 Å². The summed E-state index contributed by atoms with van der Waals surface area (Å²) < 4.78 is 0. The Kier molecular flexibility index (Phi) is 5.18. The molecule has 0 aliphatic carbocycles. The lowest BCUT2D eigenvalue weighted by molar-refractivity contribution is -0.129. The first kappa shape index (κ1) is 17.6. The Morgan fingerprint density at radius 3 is 2.76 bits per heavy atom. The number of nitrogens with one attached hydrogen (secondary N) is 3. The zero-order chi connectivity index (χ0) is 18.0. The van der Waals surface area contributed by atoms with E-state index in [4.69, 9.17) is 0 Å². The van der Waals surface area contributed by atoms with Gasteiger partial charge in [0.2, 0.25) is 11.9 Å². The minimum atomic E-state index is -0.360. The lowest BCUT2D eigenvalue weighted by atomic mass is 9.92. The van der Waals surface area contributed by atoms with Crippen molar-refractivity contribution in [2.75, 3.05) is 5.32 Å². The van der Waals surface area contributed by atoms with E-state index in [1.165, 1.54) is 0 Å². The Morgan fingerprint density at radius 2 is 2.04 bits per heavy atom. The first-order valence-corrected chi connectivity index (χ1v) is 9.06. The van der Waals surface area contributed by atoms with Crippen LogP contribution >= 0.6 is 0 Å². The van der Waals surface area contributed by atoms with Crippen molar-refractivity contribution in [3.05, 3.63) is 29.5 Å². The van der Waals surface area contributed by atoms with Gasteiger partial charge in [-0.2, -0.15) is 0 Å². The molecule has 6 heteroatoms. The lowest BCUT2D eigenvalue weighted by Gasteiger charge is -2.36. The quantitative estimate of drug-likeness (QED) is 0.779. The second kappa shape index (κ2) is 7.35. The summed E-state index contributed by atoms with van der Waals surface area (Å²) in [6.45, 7) is 8.22. The van der Waals surface area contributed by atoms with E-state index >= 15 is 0 Å². The molecule has 134 valence electrons. The van der Waals surface area contributed by atoms with E-state index in [1.807, 2.05) is 32.0 Å². The van der Waals surface area contributed by atoms with Crippen molar-refractivity contribution in [1.82, 2.24) is 20.6 Å². The van der Waals surface area contributed by atoms with E-state index in [1.54, 1.807) is 0 Å². The van der Waals surface area contributed by atoms with E-state index in [9.17, 15) is 4.79 Å². The first-order chi connectivity index (χ1) is 12.0. The van der Waals surface area contributed by atoms with Crippen LogP contribution in [-0.4, -0.2) is 28.2 Å². The molecule has 0 spiro atoms. The number of amides is 1. The number of fused-ring (bicyclic) bond motifs is 1. The summed E-state index contributed by atoms with van der Waals surface area (Å²) in [5, 5.41) is 10.7. The number of carbonyl (C=O) groups is 1. The van der Waals surface area contributed by atoms with Crippen LogP contribution in [0.15, 0.2) is 18.2 Å². The van der Waals surface area contributed by atoms with Crippen LogP contribution in [-0.2, 0) is 4.79 Å². The summed E-state index contributed by atoms with van der Waals surface area (Å²) in [5.41, 5.74) is 2.97. The average molecular weight is 341 g/mol. The van der Waals surface area contributed by atoms with Gasteiger partial charge in [-0.3, -0.25) is 10.1 Å². The van der Waals surface area contributed by atoms with Crippen LogP contribution in [0, 0.1) is 19.8 Å². The van der Waals surface area contributed by atoms with Crippen LogP contribution in [0.4, 0.5) is 5.95 Å². The fraction of sp³-hybridized carbons (Fsp3) is 0.526. The molecule has 1 saturated heterocycles. The maximum Gasteiger partial charge on any atom is 0.227 e. The number of carbonyl (C=O) groups excluding carboxylic acids is 1. The van der Waals surface area contributed by atoms with Crippen LogP contribution < -0.4 is 16.0 Å². The zero-order valence-electron chi connectivity index (χ0n) is 15.4. The molecule has 2 heterocycles. The smallest absolute Gasteiger partial charge is 0.227 e. The highest BCUT2D eigenvalue weighted by Crippen LogP contribution is 2.21. The van der Waals surface area contributed by atoms with Crippen molar-refractivity contribution in [3.63, 3.8) is 0 Å². The Hall–Kier alpha value is -2.21. The maximum atomic E-state index is 12.4. The van der Waals surface area contributed by atoms with Crippen LogP contribution in [0.2, 0.25) is 0 Å². The van der Waals surface area contributed by atoms with Gasteiger partial charge < -0.3 is 10.6 Å². The average Bonchev–Trinajstić information content (AvgIpc) is 2.55. The molecule has 0 saturated carbocycles. The number of unbranched alkanes of at least 4 members (excludes halogenated alkanes) is 1. The SMILES string of the molecule is CCCCC1C(=O)NC(Nc2nc(C)c3cccc(C)c3n2)NC1C. The van der Waals surface area contributed by atoms with E-state index in [-0.39, 0.29) is 24.2 Å². The fourth-order valence-corrected chi connectivity index (χ4v) is 3.42. The predicted molar refractivity (Wildman–Crippen MR) is 100 cm³/mol. The molecule has 3 N–H and O–H groups in total. The number of rotatable bonds is 5. The summed E-state index contributed by atoms with van der Waals surface area (Å²) in [6.07, 6.45) is 2.71. The van der Waals surface area contributed by atoms with Gasteiger partial charge in [-0.05, 0) is 32.8 Å². The number of aryl methyl sites for hydroxylation is 2. The van der Waals surface area contributed by atoms with Crippen molar-refractivity contribution in [2.45, 2.75) is 59.3 Å². The van der Waals surface area contributed by atoms with Crippen molar-refractivity contribution >= 4 is 22.8 Å². The first-order valence-electron chi connectivity index (χ1n) is 9.06. The molecule has 0 bridgehead atoms. The van der Waals surface area contributed by atoms with Gasteiger partial charge in [0.05, 0.1) is 17.1 Å². The Morgan fingerprint density at radius 1 is 1.24 bits per heavy atom. The molecular weight excluding hydrogens is 314 g/mol. The van der Waals surface area contributed by atoms with Gasteiger partial charge in [-0.1, -0.05) is 38.0 Å². The molecule has 25 heavy (non-hydrogen) atoms. The van der Waals surface area contributed by atoms with Crippen LogP contribution in [0.3, 0.4) is 0 Å². The number of benzene rings is 1. The molecule has 1 aliphatic heterocycles. The second-order valence-corrected chi connectivity index (χ2v) is 6.89. The van der Waals surface area contributed by atoms with Gasteiger partial charge in [0.15, 0.2) is 6.29 Å². The molecule has 1 fully saturated rings. The van der Waals surface area contributed by atoms with Gasteiger partial charge in [0, 0.05) is 11.4 Å². The van der Waals surface area contributed by atoms with Gasteiger partial charge in [0.25, 0.3) is 0 Å². The Balaban J connectivity index is 1.76.